The molecule has 0 unspecified atom stereocenters. The molecular formula is C22H20N4OS. The van der Waals surface area contributed by atoms with Crippen LogP contribution in [0.4, 0.5) is 5.69 Å². The second kappa shape index (κ2) is 7.78. The lowest BCUT2D eigenvalue weighted by Gasteiger charge is -2.10. The number of thiophene rings is 1. The number of allylic oxidation sites excluding steroid dienone is 1. The fourth-order valence-corrected chi connectivity index (χ4v) is 3.62. The molecule has 0 spiro atoms. The predicted molar refractivity (Wildman–Crippen MR) is 114 cm³/mol. The molecule has 6 heteroatoms. The first-order valence-corrected chi connectivity index (χ1v) is 9.92. The monoisotopic (exact) mass is 388 g/mol. The Labute approximate surface area is 167 Å². The Morgan fingerprint density at radius 1 is 1.25 bits per heavy atom. The number of nitrogens with zero attached hydrogens (tertiary/aromatic N) is 3. The highest BCUT2D eigenvalue weighted by atomic mass is 32.1. The van der Waals surface area contributed by atoms with Gasteiger partial charge in [-0.2, -0.15) is 5.10 Å². The van der Waals surface area contributed by atoms with Crippen LogP contribution in [0.5, 0.6) is 0 Å². The number of anilines is 1. The molecule has 0 aliphatic heterocycles. The van der Waals surface area contributed by atoms with Gasteiger partial charge in [0.15, 0.2) is 5.65 Å². The molecule has 3 aromatic heterocycles. The van der Waals surface area contributed by atoms with E-state index >= 15 is 0 Å². The second-order valence-electron chi connectivity index (χ2n) is 6.50. The number of carbonyl (C=O) groups excluding carboxylic acids is 1. The summed E-state index contributed by atoms with van der Waals surface area (Å²) in [6, 6.07) is 13.8. The van der Waals surface area contributed by atoms with Gasteiger partial charge in [0.05, 0.1) is 22.3 Å². The van der Waals surface area contributed by atoms with Gasteiger partial charge in [0.1, 0.15) is 0 Å². The van der Waals surface area contributed by atoms with Gasteiger partial charge in [-0.15, -0.1) is 11.3 Å². The van der Waals surface area contributed by atoms with E-state index in [9.17, 15) is 4.79 Å². The highest BCUT2D eigenvalue weighted by molar-refractivity contribution is 7.12. The number of carbonyl (C=O) groups is 1. The van der Waals surface area contributed by atoms with Gasteiger partial charge >= 0.3 is 0 Å². The topological polar surface area (TPSA) is 59.3 Å². The Morgan fingerprint density at radius 2 is 2.14 bits per heavy atom. The van der Waals surface area contributed by atoms with Crippen LogP contribution in [-0.4, -0.2) is 26.9 Å². The Kier molecular flexibility index (Phi) is 5.04. The molecule has 5 nitrogen and oxygen atoms in total. The van der Waals surface area contributed by atoms with Crippen LogP contribution >= 0.6 is 11.3 Å². The zero-order valence-electron chi connectivity index (χ0n) is 15.7. The Hall–Kier alpha value is -3.25. The van der Waals surface area contributed by atoms with E-state index in [0.29, 0.717) is 16.1 Å². The van der Waals surface area contributed by atoms with Gasteiger partial charge in [-0.1, -0.05) is 29.8 Å². The van der Waals surface area contributed by atoms with Crippen molar-refractivity contribution in [2.24, 2.45) is 0 Å². The third-order valence-electron chi connectivity index (χ3n) is 4.61. The van der Waals surface area contributed by atoms with Gasteiger partial charge in [-0.05, 0) is 43.5 Å². The van der Waals surface area contributed by atoms with Gasteiger partial charge in [-0.25, -0.2) is 9.50 Å². The van der Waals surface area contributed by atoms with Crippen LogP contribution in [0.15, 0.2) is 71.9 Å². The fourth-order valence-electron chi connectivity index (χ4n) is 2.94. The van der Waals surface area contributed by atoms with Crippen molar-refractivity contribution in [2.45, 2.75) is 13.8 Å². The number of aromatic nitrogens is 3. The predicted octanol–water partition coefficient (Wildman–Crippen LogP) is 5.07. The van der Waals surface area contributed by atoms with Crippen molar-refractivity contribution >= 4 is 28.5 Å². The summed E-state index contributed by atoms with van der Waals surface area (Å²) in [5, 5.41) is 9.78. The molecule has 0 bridgehead atoms. The van der Waals surface area contributed by atoms with E-state index in [0.717, 1.165) is 23.5 Å². The first kappa shape index (κ1) is 18.1. The normalized spacial score (nSPS) is 11.7. The number of fused-ring (bicyclic) bond motifs is 1. The van der Waals surface area contributed by atoms with E-state index in [2.05, 4.69) is 34.5 Å². The number of hydrogen-bond acceptors (Lipinski definition) is 5. The molecule has 4 aromatic rings. The average molecular weight is 388 g/mol. The smallest absolute Gasteiger partial charge is 0.208 e. The number of nitrogens with one attached hydrogen (secondary N) is 1. The molecule has 1 N–H and O–H groups in total. The number of rotatable bonds is 6. The second-order valence-corrected chi connectivity index (χ2v) is 7.45. The van der Waals surface area contributed by atoms with Gasteiger partial charge in [-0.3, -0.25) is 4.79 Å². The first-order valence-electron chi connectivity index (χ1n) is 9.04. The number of hydrogen-bond donors (Lipinski definition) is 1. The van der Waals surface area contributed by atoms with Gasteiger partial charge in [0, 0.05) is 24.0 Å². The van der Waals surface area contributed by atoms with Gasteiger partial charge < -0.3 is 5.32 Å². The van der Waals surface area contributed by atoms with E-state index in [4.69, 9.17) is 0 Å². The summed E-state index contributed by atoms with van der Waals surface area (Å²) in [6.07, 6.45) is 5.42. The van der Waals surface area contributed by atoms with Crippen LogP contribution in [-0.2, 0) is 0 Å². The van der Waals surface area contributed by atoms with Gasteiger partial charge in [0.25, 0.3) is 0 Å². The molecule has 4 rings (SSSR count). The van der Waals surface area contributed by atoms with E-state index in [1.54, 1.807) is 16.9 Å². The fraction of sp³-hybridized carbons (Fsp3) is 0.136. The van der Waals surface area contributed by atoms with Gasteiger partial charge in [0.2, 0.25) is 5.78 Å². The largest absolute Gasteiger partial charge is 0.381 e. The molecule has 3 heterocycles. The van der Waals surface area contributed by atoms with Crippen molar-refractivity contribution in [3.05, 3.63) is 82.3 Å². The van der Waals surface area contributed by atoms with Crippen LogP contribution in [0.1, 0.15) is 29.1 Å². The Morgan fingerprint density at radius 3 is 2.93 bits per heavy atom. The zero-order valence-corrected chi connectivity index (χ0v) is 16.5. The van der Waals surface area contributed by atoms with Crippen LogP contribution in [0, 0.1) is 0 Å². The number of ketones is 1. The van der Waals surface area contributed by atoms with Crippen LogP contribution in [0.25, 0.3) is 16.9 Å². The highest BCUT2D eigenvalue weighted by Crippen LogP contribution is 2.25. The van der Waals surface area contributed by atoms with Crippen molar-refractivity contribution in [1.29, 1.82) is 0 Å². The van der Waals surface area contributed by atoms with E-state index in [-0.39, 0.29) is 5.78 Å². The molecule has 140 valence electrons. The maximum atomic E-state index is 12.8. The summed E-state index contributed by atoms with van der Waals surface area (Å²) in [7, 11) is 0. The first-order chi connectivity index (χ1) is 13.7. The maximum Gasteiger partial charge on any atom is 0.208 e. The molecule has 0 aliphatic carbocycles. The van der Waals surface area contributed by atoms with Crippen molar-refractivity contribution < 1.29 is 4.79 Å². The minimum absolute atomic E-state index is 0.0492. The molecule has 1 aromatic carbocycles. The molecule has 0 radical (unpaired) electrons. The van der Waals surface area contributed by atoms with E-state index < -0.39 is 0 Å². The molecule has 0 saturated heterocycles. The van der Waals surface area contributed by atoms with Crippen LogP contribution in [0.2, 0.25) is 0 Å². The molecular weight excluding hydrogens is 368 g/mol. The highest BCUT2D eigenvalue weighted by Gasteiger charge is 2.18. The van der Waals surface area contributed by atoms with E-state index in [1.165, 1.54) is 16.9 Å². The SMILES string of the molecule is C/C=C(\C)CNc1cccc(-c2ccnc3c(C(=O)c4cccs4)cnn23)c1. The average Bonchev–Trinajstić information content (AvgIpc) is 3.41. The zero-order chi connectivity index (χ0) is 19.5. The van der Waals surface area contributed by atoms with Crippen molar-refractivity contribution in [1.82, 2.24) is 14.6 Å². The minimum Gasteiger partial charge on any atom is -0.381 e. The lowest BCUT2D eigenvalue weighted by Crippen LogP contribution is -2.03. The number of benzene rings is 1. The summed E-state index contributed by atoms with van der Waals surface area (Å²) < 4.78 is 1.73. The summed E-state index contributed by atoms with van der Waals surface area (Å²) >= 11 is 1.42. The Bertz CT molecular complexity index is 1160. The molecule has 0 atom stereocenters. The Balaban J connectivity index is 1.71. The lowest BCUT2D eigenvalue weighted by atomic mass is 10.1. The van der Waals surface area contributed by atoms with Crippen molar-refractivity contribution in [3.8, 4) is 11.3 Å². The summed E-state index contributed by atoms with van der Waals surface area (Å²) in [5.74, 6) is -0.0492. The third-order valence-corrected chi connectivity index (χ3v) is 5.48. The van der Waals surface area contributed by atoms with Crippen LogP contribution < -0.4 is 5.32 Å². The van der Waals surface area contributed by atoms with Crippen molar-refractivity contribution in [3.63, 3.8) is 0 Å². The summed E-state index contributed by atoms with van der Waals surface area (Å²) in [5.41, 5.74) is 5.29. The molecule has 0 saturated carbocycles. The third kappa shape index (κ3) is 3.46. The molecule has 28 heavy (non-hydrogen) atoms. The maximum absolute atomic E-state index is 12.8. The molecule has 0 amide bonds. The standard InChI is InChI=1S/C22H20N4OS/c1-3-15(2)13-24-17-7-4-6-16(12-17)19-9-10-23-22-18(14-25-26(19)22)21(27)20-8-5-11-28-20/h3-12,14,24H,13H2,1-2H3/b15-3+. The molecule has 0 aliphatic rings. The van der Waals surface area contributed by atoms with E-state index in [1.807, 2.05) is 48.7 Å². The van der Waals surface area contributed by atoms with Crippen LogP contribution in [0.3, 0.4) is 0 Å². The lowest BCUT2D eigenvalue weighted by molar-refractivity contribution is 0.104. The summed E-state index contributed by atoms with van der Waals surface area (Å²) in [4.78, 5) is 17.9. The summed E-state index contributed by atoms with van der Waals surface area (Å²) in [6.45, 7) is 4.93. The minimum atomic E-state index is -0.0492. The van der Waals surface area contributed by atoms with Crippen molar-refractivity contribution in [2.75, 3.05) is 11.9 Å². The molecule has 0 fully saturated rings. The quantitative estimate of drug-likeness (QED) is 0.370.